The first-order valence-electron chi connectivity index (χ1n) is 7.69. The van der Waals surface area contributed by atoms with Crippen LogP contribution in [0.4, 0.5) is 0 Å². The Morgan fingerprint density at radius 2 is 1.76 bits per heavy atom. The average Bonchev–Trinajstić information content (AvgIpc) is 3.22. The molecular formula is C15H28N2. The van der Waals surface area contributed by atoms with Gasteiger partial charge in [-0.1, -0.05) is 19.3 Å². The van der Waals surface area contributed by atoms with Gasteiger partial charge in [0.05, 0.1) is 0 Å². The van der Waals surface area contributed by atoms with Gasteiger partial charge in [0.25, 0.3) is 0 Å². The predicted molar refractivity (Wildman–Crippen MR) is 71.8 cm³/mol. The van der Waals surface area contributed by atoms with Gasteiger partial charge in [-0.2, -0.15) is 0 Å². The summed E-state index contributed by atoms with van der Waals surface area (Å²) in [5.74, 6) is 2.93. The summed E-state index contributed by atoms with van der Waals surface area (Å²) in [7, 11) is 0. The second-order valence-electron chi connectivity index (χ2n) is 6.87. The first-order chi connectivity index (χ1) is 8.24. The van der Waals surface area contributed by atoms with Crippen molar-refractivity contribution < 1.29 is 0 Å². The van der Waals surface area contributed by atoms with Crippen molar-refractivity contribution in [3.8, 4) is 0 Å². The molecule has 3 rings (SSSR count). The van der Waals surface area contributed by atoms with Crippen molar-refractivity contribution in [3.63, 3.8) is 0 Å². The van der Waals surface area contributed by atoms with Gasteiger partial charge < -0.3 is 5.73 Å². The molecule has 3 fully saturated rings. The molecule has 98 valence electrons. The molecule has 0 aromatic heterocycles. The molecule has 1 heterocycles. The van der Waals surface area contributed by atoms with Gasteiger partial charge >= 0.3 is 0 Å². The van der Waals surface area contributed by atoms with Crippen LogP contribution in [0.2, 0.25) is 0 Å². The van der Waals surface area contributed by atoms with Gasteiger partial charge in [0.2, 0.25) is 0 Å². The molecule has 2 heteroatoms. The Labute approximate surface area is 106 Å². The normalized spacial score (nSPS) is 38.5. The van der Waals surface area contributed by atoms with Crippen molar-refractivity contribution in [2.24, 2.45) is 23.5 Å². The highest BCUT2D eigenvalue weighted by Crippen LogP contribution is 2.46. The highest BCUT2D eigenvalue weighted by atomic mass is 15.2. The van der Waals surface area contributed by atoms with Crippen LogP contribution in [-0.4, -0.2) is 30.1 Å². The summed E-state index contributed by atoms with van der Waals surface area (Å²) >= 11 is 0. The molecule has 3 atom stereocenters. The lowest BCUT2D eigenvalue weighted by Gasteiger charge is -2.49. The molecular weight excluding hydrogens is 208 g/mol. The summed E-state index contributed by atoms with van der Waals surface area (Å²) < 4.78 is 0. The number of hydrogen-bond donors (Lipinski definition) is 1. The quantitative estimate of drug-likeness (QED) is 0.816. The van der Waals surface area contributed by atoms with E-state index in [0.29, 0.717) is 5.54 Å². The van der Waals surface area contributed by atoms with E-state index in [1.54, 1.807) is 0 Å². The Morgan fingerprint density at radius 3 is 2.41 bits per heavy atom. The Kier molecular flexibility index (Phi) is 3.20. The van der Waals surface area contributed by atoms with Crippen LogP contribution in [0, 0.1) is 17.8 Å². The first kappa shape index (κ1) is 12.0. The lowest BCUT2D eigenvalue weighted by atomic mass is 9.73. The van der Waals surface area contributed by atoms with E-state index in [9.17, 15) is 0 Å². The zero-order valence-corrected chi connectivity index (χ0v) is 11.3. The maximum absolute atomic E-state index is 6.11. The standard InChI is InChI=1S/C15H28N2/c1-15(11-16,14-6-7-14)17-9-8-12-4-2-3-5-13(12)10-17/h12-14H,2-11,16H2,1H3. The van der Waals surface area contributed by atoms with Gasteiger partial charge in [-0.05, 0) is 56.9 Å². The van der Waals surface area contributed by atoms with Gasteiger partial charge in [0, 0.05) is 18.6 Å². The highest BCUT2D eigenvalue weighted by Gasteiger charge is 2.47. The summed E-state index contributed by atoms with van der Waals surface area (Å²) in [5.41, 5.74) is 6.43. The first-order valence-corrected chi connectivity index (χ1v) is 7.69. The zero-order valence-electron chi connectivity index (χ0n) is 11.3. The second-order valence-corrected chi connectivity index (χ2v) is 6.87. The van der Waals surface area contributed by atoms with Crippen LogP contribution in [0.15, 0.2) is 0 Å². The summed E-state index contributed by atoms with van der Waals surface area (Å²) in [5, 5.41) is 0. The highest BCUT2D eigenvalue weighted by molar-refractivity contribution is 5.02. The van der Waals surface area contributed by atoms with E-state index in [1.165, 1.54) is 58.0 Å². The Hall–Kier alpha value is -0.0800. The summed E-state index contributed by atoms with van der Waals surface area (Å²) in [6, 6.07) is 0. The SMILES string of the molecule is CC(CN)(C1CC1)N1CCC2CCCCC2C1. The van der Waals surface area contributed by atoms with Crippen molar-refractivity contribution in [2.45, 2.75) is 57.4 Å². The van der Waals surface area contributed by atoms with Crippen LogP contribution in [0.3, 0.4) is 0 Å². The molecule has 0 aromatic carbocycles. The topological polar surface area (TPSA) is 29.3 Å². The van der Waals surface area contributed by atoms with Crippen molar-refractivity contribution in [1.82, 2.24) is 4.90 Å². The minimum absolute atomic E-state index is 0.322. The number of piperidine rings is 1. The van der Waals surface area contributed by atoms with Gasteiger partial charge in [-0.3, -0.25) is 4.90 Å². The molecule has 0 spiro atoms. The van der Waals surface area contributed by atoms with Crippen molar-refractivity contribution >= 4 is 0 Å². The van der Waals surface area contributed by atoms with Crippen molar-refractivity contribution in [2.75, 3.05) is 19.6 Å². The Morgan fingerprint density at radius 1 is 1.06 bits per heavy atom. The average molecular weight is 236 g/mol. The molecule has 2 saturated carbocycles. The molecule has 3 unspecified atom stereocenters. The minimum Gasteiger partial charge on any atom is -0.329 e. The van der Waals surface area contributed by atoms with E-state index in [-0.39, 0.29) is 0 Å². The lowest BCUT2D eigenvalue weighted by molar-refractivity contribution is 0.00499. The maximum Gasteiger partial charge on any atom is 0.0331 e. The molecule has 0 aromatic rings. The van der Waals surface area contributed by atoms with E-state index in [0.717, 1.165) is 24.3 Å². The number of fused-ring (bicyclic) bond motifs is 1. The van der Waals surface area contributed by atoms with Crippen LogP contribution < -0.4 is 5.73 Å². The fourth-order valence-electron chi connectivity index (χ4n) is 4.32. The Bertz CT molecular complexity index is 274. The molecule has 0 radical (unpaired) electrons. The fourth-order valence-corrected chi connectivity index (χ4v) is 4.32. The van der Waals surface area contributed by atoms with E-state index >= 15 is 0 Å². The van der Waals surface area contributed by atoms with Crippen LogP contribution >= 0.6 is 0 Å². The van der Waals surface area contributed by atoms with E-state index in [2.05, 4.69) is 11.8 Å². The van der Waals surface area contributed by atoms with Crippen LogP contribution in [0.5, 0.6) is 0 Å². The van der Waals surface area contributed by atoms with Gasteiger partial charge in [-0.15, -0.1) is 0 Å². The Balaban J connectivity index is 1.68. The predicted octanol–water partition coefficient (Wildman–Crippen LogP) is 2.63. The molecule has 0 amide bonds. The molecule has 2 aliphatic carbocycles. The minimum atomic E-state index is 0.322. The summed E-state index contributed by atoms with van der Waals surface area (Å²) in [4.78, 5) is 2.76. The van der Waals surface area contributed by atoms with Crippen LogP contribution in [-0.2, 0) is 0 Å². The third-order valence-corrected chi connectivity index (χ3v) is 5.88. The van der Waals surface area contributed by atoms with E-state index < -0.39 is 0 Å². The van der Waals surface area contributed by atoms with Crippen molar-refractivity contribution in [1.29, 1.82) is 0 Å². The van der Waals surface area contributed by atoms with Gasteiger partial charge in [0.15, 0.2) is 0 Å². The third kappa shape index (κ3) is 2.15. The maximum atomic E-state index is 6.11. The molecule has 1 saturated heterocycles. The molecule has 1 aliphatic heterocycles. The van der Waals surface area contributed by atoms with E-state index in [1.807, 2.05) is 0 Å². The van der Waals surface area contributed by atoms with Crippen LogP contribution in [0.25, 0.3) is 0 Å². The van der Waals surface area contributed by atoms with Crippen LogP contribution in [0.1, 0.15) is 51.9 Å². The number of likely N-dealkylation sites (tertiary alicyclic amines) is 1. The third-order valence-electron chi connectivity index (χ3n) is 5.88. The second kappa shape index (κ2) is 4.55. The van der Waals surface area contributed by atoms with E-state index in [4.69, 9.17) is 5.73 Å². The number of hydrogen-bond acceptors (Lipinski definition) is 2. The zero-order chi connectivity index (χ0) is 11.9. The van der Waals surface area contributed by atoms with Gasteiger partial charge in [-0.25, -0.2) is 0 Å². The van der Waals surface area contributed by atoms with Gasteiger partial charge in [0.1, 0.15) is 0 Å². The summed E-state index contributed by atoms with van der Waals surface area (Å²) in [6.07, 6.45) is 10.2. The molecule has 0 bridgehead atoms. The number of rotatable bonds is 3. The number of nitrogens with two attached hydrogens (primary N) is 1. The molecule has 2 nitrogen and oxygen atoms in total. The monoisotopic (exact) mass is 236 g/mol. The smallest absolute Gasteiger partial charge is 0.0331 e. The molecule has 17 heavy (non-hydrogen) atoms. The lowest BCUT2D eigenvalue weighted by Crippen LogP contribution is -2.58. The molecule has 2 N–H and O–H groups in total. The summed E-state index contributed by atoms with van der Waals surface area (Å²) in [6.45, 7) is 5.93. The largest absolute Gasteiger partial charge is 0.329 e. The fraction of sp³-hybridized carbons (Fsp3) is 1.00. The van der Waals surface area contributed by atoms with Crippen molar-refractivity contribution in [3.05, 3.63) is 0 Å². The number of nitrogens with zero attached hydrogens (tertiary/aromatic N) is 1. The molecule has 3 aliphatic rings.